The number of nitrogens with zero attached hydrogens (tertiary/aromatic N) is 3. The molecule has 6 aliphatic heterocycles. The second-order valence-corrected chi connectivity index (χ2v) is 25.6. The molecule has 6 rings (SSSR count). The molecule has 17 N–H and O–H groups in total. The van der Waals surface area contributed by atoms with Crippen LogP contribution in [-0.2, 0) is 51.9 Å². The molecule has 26 heteroatoms. The lowest BCUT2D eigenvalue weighted by Crippen LogP contribution is -2.56. The van der Waals surface area contributed by atoms with Gasteiger partial charge in [-0.05, 0) is 77.0 Å². The monoisotopic (exact) mass is 1140 g/mol. The molecule has 0 aliphatic carbocycles. The number of fused-ring (bicyclic) bond motifs is 6. The first kappa shape index (κ1) is 63.5. The lowest BCUT2D eigenvalue weighted by Gasteiger charge is -2.48. The van der Waals surface area contributed by atoms with Crippen molar-refractivity contribution in [2.45, 2.75) is 189 Å². The van der Waals surface area contributed by atoms with E-state index in [-0.39, 0.29) is 83.6 Å². The summed E-state index contributed by atoms with van der Waals surface area (Å²) in [4.78, 5) is 120. The van der Waals surface area contributed by atoms with Crippen LogP contribution in [0.15, 0.2) is 49.3 Å². The molecular formula is C54H84N11O14P. The number of aliphatic hydroxyl groups is 2. The second kappa shape index (κ2) is 23.7. The number of rotatable bonds is 25. The van der Waals surface area contributed by atoms with E-state index in [0.717, 1.165) is 0 Å². The largest absolute Gasteiger partial charge is 0.472 e. The van der Waals surface area contributed by atoms with Crippen molar-refractivity contribution in [3.05, 3.63) is 34.3 Å². The van der Waals surface area contributed by atoms with Gasteiger partial charge in [0.05, 0.1) is 23.8 Å². The highest BCUT2D eigenvalue weighted by molar-refractivity contribution is 7.47. The van der Waals surface area contributed by atoms with Crippen LogP contribution in [0.3, 0.4) is 0 Å². The number of hydrogen-bond donors (Lipinski definition) is 11. The Morgan fingerprint density at radius 2 is 1.38 bits per heavy atom. The summed E-state index contributed by atoms with van der Waals surface area (Å²) >= 11 is 0. The van der Waals surface area contributed by atoms with Crippen molar-refractivity contribution in [2.75, 3.05) is 6.54 Å². The molecule has 0 aromatic rings. The molecule has 8 bridgehead atoms. The minimum atomic E-state index is -4.90. The molecule has 80 heavy (non-hydrogen) atoms. The number of nitrogens with one attached hydrogen (secondary N) is 2. The number of carbonyl (C=O) groups is 7. The summed E-state index contributed by atoms with van der Waals surface area (Å²) in [5.41, 5.74) is 34.1. The Kier molecular flexibility index (Phi) is 18.8. The quantitative estimate of drug-likeness (QED) is 0.0580. The Labute approximate surface area is 466 Å². The summed E-state index contributed by atoms with van der Waals surface area (Å²) < 4.78 is 29.0. The SMILES string of the molecule is CC[C@@H]1O[C@H](O)C(O)C1OP(=O)(O)OC(C)CNC(=O)CC[C@@]1(C)C2=NC([C@@H]1CC(N)=O)[C@]1(C)N=C(/C(C)=C3\NC(=CC4=NC(=C2C)[C@@H](CCC(N)=O)C4(C)C)[C@@H](CCC(N)=O)[C@]3(C)CC(N)=O)[C@@H](CCC(N)=O)[C@]1(C)CC(N)=O. The molecule has 0 radical (unpaired) electrons. The number of ether oxygens (including phenoxy) is 1. The molecule has 6 heterocycles. The normalized spacial score (nSPS) is 35.4. The van der Waals surface area contributed by atoms with Gasteiger partial charge in [0.25, 0.3) is 0 Å². The number of carbonyl (C=O) groups excluding carboxylic acids is 7. The minimum absolute atomic E-state index is 0.00808. The van der Waals surface area contributed by atoms with Crippen LogP contribution >= 0.6 is 7.82 Å². The first-order chi connectivity index (χ1) is 37.0. The summed E-state index contributed by atoms with van der Waals surface area (Å²) in [7, 11) is -4.90. The fourth-order valence-corrected chi connectivity index (χ4v) is 15.1. The number of amides is 7. The highest BCUT2D eigenvalue weighted by Gasteiger charge is 2.66. The molecule has 7 amide bonds. The van der Waals surface area contributed by atoms with E-state index in [0.29, 0.717) is 45.4 Å². The van der Waals surface area contributed by atoms with Crippen molar-refractivity contribution < 1.29 is 67.0 Å². The van der Waals surface area contributed by atoms with Crippen LogP contribution < -0.4 is 45.0 Å². The number of nitrogens with two attached hydrogens (primary N) is 6. The summed E-state index contributed by atoms with van der Waals surface area (Å²) in [6.45, 7) is 17.8. The van der Waals surface area contributed by atoms with Gasteiger partial charge in [0, 0.05) is 131 Å². The summed E-state index contributed by atoms with van der Waals surface area (Å²) in [5.74, 6) is -7.07. The van der Waals surface area contributed by atoms with Gasteiger partial charge in [-0.3, -0.25) is 57.6 Å². The predicted octanol–water partition coefficient (Wildman–Crippen LogP) is 1.73. The summed E-state index contributed by atoms with van der Waals surface area (Å²) in [6, 6.07) is -1.02. The van der Waals surface area contributed by atoms with E-state index in [1.165, 1.54) is 6.92 Å². The molecule has 0 spiro atoms. The Hall–Kier alpha value is -5.69. The van der Waals surface area contributed by atoms with Crippen molar-refractivity contribution in [1.29, 1.82) is 0 Å². The lowest BCUT2D eigenvalue weighted by molar-refractivity contribution is -0.127. The molecule has 444 valence electrons. The number of phosphoric acid groups is 1. The molecule has 15 atom stereocenters. The summed E-state index contributed by atoms with van der Waals surface area (Å²) in [6.07, 6.45) is -5.32. The third-order valence-corrected chi connectivity index (χ3v) is 19.5. The maximum absolute atomic E-state index is 14.1. The molecular weight excluding hydrogens is 1060 g/mol. The maximum atomic E-state index is 14.1. The van der Waals surface area contributed by atoms with E-state index < -0.39 is 137 Å². The van der Waals surface area contributed by atoms with Crippen LogP contribution in [0.5, 0.6) is 0 Å². The van der Waals surface area contributed by atoms with E-state index in [4.69, 9.17) is 63.2 Å². The lowest BCUT2D eigenvalue weighted by atomic mass is 9.55. The first-order valence-electron chi connectivity index (χ1n) is 27.3. The van der Waals surface area contributed by atoms with Crippen LogP contribution in [0.4, 0.5) is 0 Å². The molecule has 6 aliphatic rings. The van der Waals surface area contributed by atoms with Crippen molar-refractivity contribution in [3.8, 4) is 0 Å². The third kappa shape index (κ3) is 12.4. The Bertz CT molecular complexity index is 2790. The van der Waals surface area contributed by atoms with Gasteiger partial charge in [-0.15, -0.1) is 0 Å². The van der Waals surface area contributed by atoms with Gasteiger partial charge in [0.15, 0.2) is 6.29 Å². The molecule has 0 aromatic carbocycles. The molecule has 0 aromatic heterocycles. The molecule has 25 nitrogen and oxygen atoms in total. The van der Waals surface area contributed by atoms with Crippen LogP contribution in [0, 0.1) is 45.3 Å². The van der Waals surface area contributed by atoms with Gasteiger partial charge in [0.1, 0.15) is 12.2 Å². The van der Waals surface area contributed by atoms with E-state index in [9.17, 15) is 53.2 Å². The number of hydrogen-bond acceptors (Lipinski definition) is 17. The zero-order valence-corrected chi connectivity index (χ0v) is 48.5. The predicted molar refractivity (Wildman–Crippen MR) is 295 cm³/mol. The van der Waals surface area contributed by atoms with Crippen LogP contribution in [0.2, 0.25) is 0 Å². The Morgan fingerprint density at radius 1 is 0.800 bits per heavy atom. The standard InChI is InChI=1S/C54H84N11O14P/c1-11-33-45(44(73)49(74)77-33)79-80(75,76)78-25(2)24-61-41(72)18-19-51(7)31(20-38(58)69)48-54(10)53(9,23-40(60)71)30(14-17-37(57)68)43(65-54)27(4)47-52(8,22-39(59)70)28(12-15-35(55)66)32(62-47)21-34-50(5,6)29(13-16-36(56)67)42(63-34)26(3)46(51)64-48/h21,25,28-31,33,44-45,48-49,62,73-74H,11-20,22-24H2,1-10H3,(H2,55,66)(H2,56,67)(H2,57,68)(H2,58,69)(H2,59,70)(H2,60,71)(H,61,72)(H,75,76)/b32-21?,42-26?,47-27-/t25?,28-,29-,30-,31+,33+,44?,45?,48?,49+,51-,52+,53+,54+/m1/s1. The van der Waals surface area contributed by atoms with Crippen molar-refractivity contribution in [1.82, 2.24) is 10.6 Å². The van der Waals surface area contributed by atoms with Crippen molar-refractivity contribution in [2.24, 2.45) is 94.7 Å². The average Bonchev–Trinajstić information content (AvgIpc) is 4.19. The van der Waals surface area contributed by atoms with Gasteiger partial charge in [-0.25, -0.2) is 4.57 Å². The van der Waals surface area contributed by atoms with Crippen molar-refractivity contribution >= 4 is 66.3 Å². The second-order valence-electron chi connectivity index (χ2n) is 24.2. The Balaban J connectivity index is 1.57. The number of aliphatic imine (C=N–C) groups is 3. The van der Waals surface area contributed by atoms with E-state index in [1.54, 1.807) is 6.92 Å². The fraction of sp³-hybridized carbons (Fsp3) is 0.704. The number of primary amides is 6. The smallest absolute Gasteiger partial charge is 0.385 e. The van der Waals surface area contributed by atoms with Gasteiger partial charge >= 0.3 is 7.82 Å². The average molecular weight is 1140 g/mol. The van der Waals surface area contributed by atoms with Crippen LogP contribution in [0.25, 0.3) is 0 Å². The van der Waals surface area contributed by atoms with Crippen LogP contribution in [-0.4, -0.2) is 122 Å². The molecule has 2 fully saturated rings. The van der Waals surface area contributed by atoms with E-state index in [2.05, 4.69) is 10.6 Å². The van der Waals surface area contributed by atoms with Gasteiger partial charge in [-0.1, -0.05) is 41.5 Å². The van der Waals surface area contributed by atoms with Crippen molar-refractivity contribution in [3.63, 3.8) is 0 Å². The summed E-state index contributed by atoms with van der Waals surface area (Å²) in [5, 5.41) is 26.7. The number of phosphoric ester groups is 1. The minimum Gasteiger partial charge on any atom is -0.385 e. The highest BCUT2D eigenvalue weighted by Crippen LogP contribution is 2.62. The van der Waals surface area contributed by atoms with Gasteiger partial charge in [-0.2, -0.15) is 0 Å². The number of aliphatic hydroxyl groups excluding tert-OH is 2. The van der Waals surface area contributed by atoms with Gasteiger partial charge < -0.3 is 64.9 Å². The van der Waals surface area contributed by atoms with E-state index in [1.807, 2.05) is 61.5 Å². The number of allylic oxidation sites excluding steroid dienone is 6. The fourth-order valence-electron chi connectivity index (χ4n) is 13.9. The molecule has 5 unspecified atom stereocenters. The third-order valence-electron chi connectivity index (χ3n) is 18.4. The first-order valence-corrected chi connectivity index (χ1v) is 28.8. The highest BCUT2D eigenvalue weighted by atomic mass is 31.2. The molecule has 2 saturated heterocycles. The van der Waals surface area contributed by atoms with E-state index >= 15 is 0 Å². The van der Waals surface area contributed by atoms with Crippen LogP contribution in [0.1, 0.15) is 146 Å². The Morgan fingerprint density at radius 3 is 1.93 bits per heavy atom. The zero-order valence-electron chi connectivity index (χ0n) is 47.6. The van der Waals surface area contributed by atoms with Gasteiger partial charge in [0.2, 0.25) is 41.4 Å². The topological polar surface area (TPSA) is 442 Å². The maximum Gasteiger partial charge on any atom is 0.472 e. The zero-order chi connectivity index (χ0) is 60.0. The molecule has 0 saturated carbocycles.